The average molecular weight is 398 g/mol. The molecule has 7 nitrogen and oxygen atoms in total. The van der Waals surface area contributed by atoms with Gasteiger partial charge in [-0.3, -0.25) is 4.79 Å². The van der Waals surface area contributed by atoms with Gasteiger partial charge in [0.2, 0.25) is 0 Å². The van der Waals surface area contributed by atoms with E-state index in [4.69, 9.17) is 9.84 Å². The predicted octanol–water partition coefficient (Wildman–Crippen LogP) is 3.44. The van der Waals surface area contributed by atoms with Crippen LogP contribution in [0, 0.1) is 6.92 Å². The Hall–Kier alpha value is -3.26. The first kappa shape index (κ1) is 19.5. The normalized spacial score (nSPS) is 17.6. The molecule has 1 atom stereocenters. The highest BCUT2D eigenvalue weighted by molar-refractivity contribution is 8.18. The topological polar surface area (TPSA) is 108 Å². The second-order valence-electron chi connectivity index (χ2n) is 6.14. The summed E-state index contributed by atoms with van der Waals surface area (Å²) in [5.41, 5.74) is 2.09. The fourth-order valence-electron chi connectivity index (χ4n) is 2.36. The van der Waals surface area contributed by atoms with Crippen molar-refractivity contribution in [2.45, 2.75) is 20.0 Å². The number of phenolic OH excluding ortho intramolecular Hbond substituents is 1. The van der Waals surface area contributed by atoms with Crippen molar-refractivity contribution in [1.29, 1.82) is 0 Å². The lowest BCUT2D eigenvalue weighted by Gasteiger charge is -2.10. The van der Waals surface area contributed by atoms with Gasteiger partial charge in [0.15, 0.2) is 11.3 Å². The highest BCUT2D eigenvalue weighted by Gasteiger charge is 2.24. The number of thioether (sulfide) groups is 1. The van der Waals surface area contributed by atoms with Gasteiger partial charge in [0.1, 0.15) is 17.2 Å². The summed E-state index contributed by atoms with van der Waals surface area (Å²) in [7, 11) is 0. The Labute approximate surface area is 165 Å². The number of hydrogen-bond acceptors (Lipinski definition) is 6. The minimum atomic E-state index is -1.04. The molecule has 28 heavy (non-hydrogen) atoms. The third-order valence-electron chi connectivity index (χ3n) is 3.84. The van der Waals surface area contributed by atoms with E-state index in [2.05, 4.69) is 10.3 Å². The molecule has 1 saturated heterocycles. The van der Waals surface area contributed by atoms with Gasteiger partial charge in [0.25, 0.3) is 5.91 Å². The molecule has 144 valence electrons. The molecule has 0 saturated carbocycles. The maximum absolute atomic E-state index is 12.2. The summed E-state index contributed by atoms with van der Waals surface area (Å²) in [6.45, 7) is 3.34. The van der Waals surface area contributed by atoms with Crippen LogP contribution in [-0.2, 0) is 9.59 Å². The van der Waals surface area contributed by atoms with Crippen molar-refractivity contribution >= 4 is 40.6 Å². The van der Waals surface area contributed by atoms with Crippen LogP contribution >= 0.6 is 11.8 Å². The molecule has 0 aromatic heterocycles. The van der Waals surface area contributed by atoms with Gasteiger partial charge in [-0.25, -0.2) is 9.79 Å². The van der Waals surface area contributed by atoms with Gasteiger partial charge in [-0.2, -0.15) is 0 Å². The zero-order valence-corrected chi connectivity index (χ0v) is 16.0. The Morgan fingerprint density at radius 1 is 1.25 bits per heavy atom. The number of benzene rings is 2. The second kappa shape index (κ2) is 8.18. The number of carbonyl (C=O) groups excluding carboxylic acids is 1. The van der Waals surface area contributed by atoms with E-state index >= 15 is 0 Å². The Morgan fingerprint density at radius 2 is 1.96 bits per heavy atom. The molecule has 1 unspecified atom stereocenters. The van der Waals surface area contributed by atoms with Crippen LogP contribution < -0.4 is 10.1 Å². The zero-order valence-electron chi connectivity index (χ0n) is 15.2. The molecule has 0 radical (unpaired) electrons. The van der Waals surface area contributed by atoms with E-state index < -0.39 is 12.1 Å². The standard InChI is InChI=1S/C20H18N2O5S/c1-11-3-8-16(23)15(9-11)21-20-22-18(24)17(28-20)10-13-4-6-14(7-5-13)27-12(2)19(25)26/h3-10,12,23H,1-2H3,(H,25,26)(H,21,22,24)/b17-10+. The smallest absolute Gasteiger partial charge is 0.344 e. The molecule has 0 aliphatic carbocycles. The van der Waals surface area contributed by atoms with Crippen molar-refractivity contribution in [2.75, 3.05) is 0 Å². The van der Waals surface area contributed by atoms with E-state index in [1.54, 1.807) is 48.5 Å². The first-order valence-electron chi connectivity index (χ1n) is 8.40. The molecule has 0 spiro atoms. The molecule has 3 rings (SSSR count). The number of aliphatic carboxylic acids is 1. The highest BCUT2D eigenvalue weighted by Crippen LogP contribution is 2.32. The second-order valence-corrected chi connectivity index (χ2v) is 7.17. The quantitative estimate of drug-likeness (QED) is 0.666. The molecule has 1 heterocycles. The molecule has 2 aromatic carbocycles. The van der Waals surface area contributed by atoms with Crippen molar-refractivity contribution in [3.05, 3.63) is 58.5 Å². The summed E-state index contributed by atoms with van der Waals surface area (Å²) in [6, 6.07) is 11.8. The number of aryl methyl sites for hydroxylation is 1. The predicted molar refractivity (Wildman–Crippen MR) is 108 cm³/mol. The van der Waals surface area contributed by atoms with Gasteiger partial charge in [0, 0.05) is 0 Å². The van der Waals surface area contributed by atoms with Crippen LogP contribution in [-0.4, -0.2) is 33.4 Å². The first-order chi connectivity index (χ1) is 13.3. The van der Waals surface area contributed by atoms with Crippen molar-refractivity contribution < 1.29 is 24.5 Å². The van der Waals surface area contributed by atoms with Crippen LogP contribution in [0.1, 0.15) is 18.1 Å². The van der Waals surface area contributed by atoms with Crippen LogP contribution in [0.5, 0.6) is 11.5 Å². The van der Waals surface area contributed by atoms with Crippen molar-refractivity contribution in [2.24, 2.45) is 4.99 Å². The third-order valence-corrected chi connectivity index (χ3v) is 4.75. The molecule has 1 fully saturated rings. The fourth-order valence-corrected chi connectivity index (χ4v) is 3.20. The molecule has 2 aromatic rings. The Kier molecular flexibility index (Phi) is 5.70. The lowest BCUT2D eigenvalue weighted by atomic mass is 10.2. The van der Waals surface area contributed by atoms with Gasteiger partial charge in [-0.05, 0) is 67.1 Å². The number of hydrogen-bond donors (Lipinski definition) is 3. The number of nitrogens with zero attached hydrogens (tertiary/aromatic N) is 1. The molecular weight excluding hydrogens is 380 g/mol. The minimum Gasteiger partial charge on any atom is -0.506 e. The van der Waals surface area contributed by atoms with Gasteiger partial charge >= 0.3 is 5.97 Å². The van der Waals surface area contributed by atoms with Gasteiger partial charge in [-0.1, -0.05) is 18.2 Å². The number of carboxylic acid groups (broad SMARTS) is 1. The van der Waals surface area contributed by atoms with Crippen LogP contribution in [0.15, 0.2) is 52.4 Å². The molecular formula is C20H18N2O5S. The first-order valence-corrected chi connectivity index (χ1v) is 9.22. The maximum atomic E-state index is 12.2. The molecule has 0 bridgehead atoms. The summed E-state index contributed by atoms with van der Waals surface area (Å²) in [5.74, 6) is -0.860. The Balaban J connectivity index is 1.74. The number of carboxylic acids is 1. The average Bonchev–Trinajstić information content (AvgIpc) is 2.98. The largest absolute Gasteiger partial charge is 0.506 e. The SMILES string of the molecule is Cc1ccc(O)c(N=C2NC(=O)/C(=C\c3ccc(OC(C)C(=O)O)cc3)S2)c1. The van der Waals surface area contributed by atoms with Crippen molar-refractivity contribution in [3.8, 4) is 11.5 Å². The number of phenols is 1. The van der Waals surface area contributed by atoms with E-state index in [9.17, 15) is 14.7 Å². The summed E-state index contributed by atoms with van der Waals surface area (Å²) >= 11 is 1.17. The van der Waals surface area contributed by atoms with Gasteiger partial charge in [0.05, 0.1) is 4.91 Å². The molecule has 8 heteroatoms. The van der Waals surface area contributed by atoms with Crippen LogP contribution in [0.3, 0.4) is 0 Å². The number of amides is 1. The number of aromatic hydroxyl groups is 1. The fraction of sp³-hybridized carbons (Fsp3) is 0.150. The number of amidine groups is 1. The highest BCUT2D eigenvalue weighted by atomic mass is 32.2. The number of rotatable bonds is 5. The van der Waals surface area contributed by atoms with E-state index in [-0.39, 0.29) is 11.7 Å². The molecule has 1 aliphatic rings. The van der Waals surface area contributed by atoms with E-state index in [0.29, 0.717) is 21.5 Å². The van der Waals surface area contributed by atoms with E-state index in [1.165, 1.54) is 18.7 Å². The maximum Gasteiger partial charge on any atom is 0.344 e. The number of carbonyl (C=O) groups is 2. The number of aliphatic imine (C=N–C) groups is 1. The monoisotopic (exact) mass is 398 g/mol. The van der Waals surface area contributed by atoms with Crippen LogP contribution in [0.2, 0.25) is 0 Å². The number of nitrogens with one attached hydrogen (secondary N) is 1. The van der Waals surface area contributed by atoms with E-state index in [1.807, 2.05) is 6.92 Å². The summed E-state index contributed by atoms with van der Waals surface area (Å²) in [6.07, 6.45) is 0.750. The molecule has 1 aliphatic heterocycles. The van der Waals surface area contributed by atoms with Crippen LogP contribution in [0.4, 0.5) is 5.69 Å². The Bertz CT molecular complexity index is 983. The van der Waals surface area contributed by atoms with Crippen LogP contribution in [0.25, 0.3) is 6.08 Å². The Morgan fingerprint density at radius 3 is 2.64 bits per heavy atom. The summed E-state index contributed by atoms with van der Waals surface area (Å²) in [5, 5.41) is 21.8. The van der Waals surface area contributed by atoms with Crippen molar-refractivity contribution in [1.82, 2.24) is 5.32 Å². The molecule has 3 N–H and O–H groups in total. The lowest BCUT2D eigenvalue weighted by Crippen LogP contribution is -2.22. The number of ether oxygens (including phenoxy) is 1. The van der Waals surface area contributed by atoms with Gasteiger partial charge in [-0.15, -0.1) is 0 Å². The molecule has 1 amide bonds. The zero-order chi connectivity index (χ0) is 20.3. The van der Waals surface area contributed by atoms with E-state index in [0.717, 1.165) is 11.1 Å². The third kappa shape index (κ3) is 4.72. The lowest BCUT2D eigenvalue weighted by molar-refractivity contribution is -0.144. The summed E-state index contributed by atoms with van der Waals surface area (Å²) < 4.78 is 5.28. The minimum absolute atomic E-state index is 0.0385. The van der Waals surface area contributed by atoms with Gasteiger partial charge < -0.3 is 20.3 Å². The van der Waals surface area contributed by atoms with Crippen molar-refractivity contribution in [3.63, 3.8) is 0 Å². The summed E-state index contributed by atoms with van der Waals surface area (Å²) in [4.78, 5) is 27.8.